The van der Waals surface area contributed by atoms with Crippen molar-refractivity contribution in [3.63, 3.8) is 0 Å². The molecule has 3 aliphatic carbocycles. The third kappa shape index (κ3) is 0.579. The summed E-state index contributed by atoms with van der Waals surface area (Å²) in [5.41, 5.74) is -1.38. The van der Waals surface area contributed by atoms with E-state index in [1.54, 1.807) is 0 Å². The van der Waals surface area contributed by atoms with Gasteiger partial charge in [0.15, 0.2) is 0 Å². The Labute approximate surface area is 72.6 Å². The maximum atomic E-state index is 10.3. The van der Waals surface area contributed by atoms with Crippen LogP contribution in [0, 0.1) is 11.8 Å². The van der Waals surface area contributed by atoms with Crippen LogP contribution in [0.1, 0.15) is 38.5 Å². The van der Waals surface area contributed by atoms with Gasteiger partial charge in [-0.05, 0) is 43.9 Å². The third-order valence-electron chi connectivity index (χ3n) is 4.59. The zero-order valence-corrected chi connectivity index (χ0v) is 7.29. The van der Waals surface area contributed by atoms with E-state index in [1.807, 2.05) is 0 Å². The molecule has 0 heterocycles. The highest BCUT2D eigenvalue weighted by molar-refractivity contribution is 5.18. The first-order valence-corrected chi connectivity index (χ1v) is 5.10. The Morgan fingerprint density at radius 1 is 1.08 bits per heavy atom. The van der Waals surface area contributed by atoms with Crippen molar-refractivity contribution in [3.8, 4) is 0 Å². The first kappa shape index (κ1) is 7.34. The molecule has 4 atom stereocenters. The molecule has 2 bridgehead atoms. The van der Waals surface area contributed by atoms with Crippen molar-refractivity contribution < 1.29 is 10.2 Å². The van der Waals surface area contributed by atoms with Crippen molar-refractivity contribution in [1.82, 2.24) is 0 Å². The lowest BCUT2D eigenvalue weighted by molar-refractivity contribution is -0.150. The summed E-state index contributed by atoms with van der Waals surface area (Å²) in [6, 6.07) is 0. The molecule has 2 nitrogen and oxygen atoms in total. The number of rotatable bonds is 0. The lowest BCUT2D eigenvalue weighted by atomic mass is 9.75. The molecule has 3 rings (SSSR count). The summed E-state index contributed by atoms with van der Waals surface area (Å²) in [6.45, 7) is 0. The summed E-state index contributed by atoms with van der Waals surface area (Å²) >= 11 is 0. The van der Waals surface area contributed by atoms with Crippen LogP contribution in [-0.4, -0.2) is 21.4 Å². The first-order chi connectivity index (χ1) is 5.66. The SMILES string of the molecule is OC12CCC(C1)C1CCCC12O. The van der Waals surface area contributed by atoms with Gasteiger partial charge in [-0.25, -0.2) is 0 Å². The minimum absolute atomic E-state index is 0.427. The lowest BCUT2D eigenvalue weighted by Gasteiger charge is -2.40. The molecule has 2 N–H and O–H groups in total. The molecule has 0 saturated heterocycles. The summed E-state index contributed by atoms with van der Waals surface area (Å²) in [7, 11) is 0. The van der Waals surface area contributed by atoms with E-state index in [9.17, 15) is 10.2 Å². The van der Waals surface area contributed by atoms with Gasteiger partial charge in [-0.2, -0.15) is 0 Å². The lowest BCUT2D eigenvalue weighted by Crippen LogP contribution is -2.52. The van der Waals surface area contributed by atoms with Crippen LogP contribution < -0.4 is 0 Å². The highest BCUT2D eigenvalue weighted by Gasteiger charge is 2.67. The Balaban J connectivity index is 2.06. The van der Waals surface area contributed by atoms with Crippen molar-refractivity contribution in [3.05, 3.63) is 0 Å². The zero-order valence-electron chi connectivity index (χ0n) is 7.29. The molecule has 0 aromatic rings. The molecule has 0 aromatic heterocycles. The Bertz CT molecular complexity index is 228. The minimum Gasteiger partial charge on any atom is -0.387 e. The van der Waals surface area contributed by atoms with E-state index in [4.69, 9.17) is 0 Å². The second kappa shape index (κ2) is 1.88. The molecule has 3 fully saturated rings. The standard InChI is InChI=1S/C10H16O2/c11-9-5-3-7(6-9)8-2-1-4-10(8,9)12/h7-8,11-12H,1-6H2. The number of aliphatic hydroxyl groups is 2. The fraction of sp³-hybridized carbons (Fsp3) is 1.00. The van der Waals surface area contributed by atoms with Crippen LogP contribution >= 0.6 is 0 Å². The van der Waals surface area contributed by atoms with E-state index in [0.717, 1.165) is 38.5 Å². The molecule has 4 unspecified atom stereocenters. The maximum Gasteiger partial charge on any atom is 0.0964 e. The van der Waals surface area contributed by atoms with Crippen molar-refractivity contribution in [2.75, 3.05) is 0 Å². The van der Waals surface area contributed by atoms with E-state index in [1.165, 1.54) is 0 Å². The van der Waals surface area contributed by atoms with Gasteiger partial charge in [0.2, 0.25) is 0 Å². The second-order valence-corrected chi connectivity index (χ2v) is 4.96. The van der Waals surface area contributed by atoms with Crippen LogP contribution in [0.25, 0.3) is 0 Å². The van der Waals surface area contributed by atoms with Crippen molar-refractivity contribution >= 4 is 0 Å². The molecule has 0 spiro atoms. The molecule has 0 radical (unpaired) electrons. The summed E-state index contributed by atoms with van der Waals surface area (Å²) in [5, 5.41) is 20.6. The summed E-state index contributed by atoms with van der Waals surface area (Å²) in [5.74, 6) is 1.05. The number of fused-ring (bicyclic) bond motifs is 5. The summed E-state index contributed by atoms with van der Waals surface area (Å²) < 4.78 is 0. The number of hydrogen-bond donors (Lipinski definition) is 2. The van der Waals surface area contributed by atoms with Crippen LogP contribution in [0.15, 0.2) is 0 Å². The molecule has 0 aromatic carbocycles. The Morgan fingerprint density at radius 2 is 1.92 bits per heavy atom. The largest absolute Gasteiger partial charge is 0.387 e. The fourth-order valence-electron chi connectivity index (χ4n) is 4.02. The van der Waals surface area contributed by atoms with Gasteiger partial charge in [0.25, 0.3) is 0 Å². The molecule has 3 aliphatic rings. The predicted molar refractivity (Wildman–Crippen MR) is 44.6 cm³/mol. The maximum absolute atomic E-state index is 10.3. The minimum atomic E-state index is -0.696. The van der Waals surface area contributed by atoms with Crippen LogP contribution in [0.4, 0.5) is 0 Å². The van der Waals surface area contributed by atoms with Crippen molar-refractivity contribution in [2.45, 2.75) is 49.7 Å². The number of hydrogen-bond acceptors (Lipinski definition) is 2. The fourth-order valence-corrected chi connectivity index (χ4v) is 4.02. The van der Waals surface area contributed by atoms with E-state index in [-0.39, 0.29) is 0 Å². The molecule has 68 valence electrons. The first-order valence-electron chi connectivity index (χ1n) is 5.10. The zero-order chi connectivity index (χ0) is 8.40. The van der Waals surface area contributed by atoms with Gasteiger partial charge in [-0.3, -0.25) is 0 Å². The highest BCUT2D eigenvalue weighted by Crippen LogP contribution is 2.62. The predicted octanol–water partition coefficient (Wildman–Crippen LogP) is 1.06. The second-order valence-electron chi connectivity index (χ2n) is 4.96. The van der Waals surface area contributed by atoms with E-state index in [0.29, 0.717) is 11.8 Å². The van der Waals surface area contributed by atoms with Gasteiger partial charge in [0.05, 0.1) is 11.2 Å². The van der Waals surface area contributed by atoms with Gasteiger partial charge in [-0.1, -0.05) is 6.42 Å². The normalized spacial score (nSPS) is 62.5. The van der Waals surface area contributed by atoms with E-state index >= 15 is 0 Å². The van der Waals surface area contributed by atoms with Gasteiger partial charge in [-0.15, -0.1) is 0 Å². The van der Waals surface area contributed by atoms with Crippen LogP contribution in [0.3, 0.4) is 0 Å². The van der Waals surface area contributed by atoms with Crippen molar-refractivity contribution in [2.24, 2.45) is 11.8 Å². The summed E-state index contributed by atoms with van der Waals surface area (Å²) in [4.78, 5) is 0. The molecular weight excluding hydrogens is 152 g/mol. The molecule has 3 saturated carbocycles. The molecule has 0 aliphatic heterocycles. The van der Waals surface area contributed by atoms with Crippen molar-refractivity contribution in [1.29, 1.82) is 0 Å². The molecule has 2 heteroatoms. The Morgan fingerprint density at radius 3 is 2.67 bits per heavy atom. The smallest absolute Gasteiger partial charge is 0.0964 e. The molecule has 0 amide bonds. The average molecular weight is 168 g/mol. The van der Waals surface area contributed by atoms with Crippen LogP contribution in [-0.2, 0) is 0 Å². The Hall–Kier alpha value is -0.0800. The Kier molecular flexibility index (Phi) is 1.15. The van der Waals surface area contributed by atoms with E-state index in [2.05, 4.69) is 0 Å². The van der Waals surface area contributed by atoms with Gasteiger partial charge < -0.3 is 10.2 Å². The monoisotopic (exact) mass is 168 g/mol. The van der Waals surface area contributed by atoms with Crippen LogP contribution in [0.5, 0.6) is 0 Å². The average Bonchev–Trinajstić information content (AvgIpc) is 2.58. The molecular formula is C10H16O2. The van der Waals surface area contributed by atoms with Gasteiger partial charge in [0, 0.05) is 0 Å². The van der Waals surface area contributed by atoms with Crippen LogP contribution in [0.2, 0.25) is 0 Å². The topological polar surface area (TPSA) is 40.5 Å². The van der Waals surface area contributed by atoms with Gasteiger partial charge >= 0.3 is 0 Å². The highest BCUT2D eigenvalue weighted by atomic mass is 16.4. The van der Waals surface area contributed by atoms with E-state index < -0.39 is 11.2 Å². The van der Waals surface area contributed by atoms with Gasteiger partial charge in [0.1, 0.15) is 0 Å². The molecule has 12 heavy (non-hydrogen) atoms. The summed E-state index contributed by atoms with van der Waals surface area (Å²) in [6.07, 6.45) is 5.94. The third-order valence-corrected chi connectivity index (χ3v) is 4.59. The quantitative estimate of drug-likeness (QED) is 0.568.